The third-order valence-corrected chi connectivity index (χ3v) is 4.11. The van der Waals surface area contributed by atoms with Crippen molar-refractivity contribution in [3.05, 3.63) is 29.8 Å². The average Bonchev–Trinajstić information content (AvgIpc) is 2.50. The Kier molecular flexibility index (Phi) is 7.25. The average molecular weight is 287 g/mol. The van der Waals surface area contributed by atoms with Gasteiger partial charge in [0, 0.05) is 18.8 Å². The Morgan fingerprint density at radius 3 is 2.57 bits per heavy atom. The molecule has 1 rings (SSSR count). The van der Waals surface area contributed by atoms with Gasteiger partial charge in [0.25, 0.3) is 0 Å². The Morgan fingerprint density at radius 1 is 1.29 bits per heavy atom. The molecule has 1 aromatic carbocycles. The molecule has 21 heavy (non-hydrogen) atoms. The van der Waals surface area contributed by atoms with E-state index in [4.69, 9.17) is 0 Å². The van der Waals surface area contributed by atoms with Crippen LogP contribution in [0.25, 0.3) is 0 Å². The van der Waals surface area contributed by atoms with Crippen LogP contribution >= 0.6 is 0 Å². The van der Waals surface area contributed by atoms with E-state index in [0.29, 0.717) is 0 Å². The molecule has 0 bridgehead atoms. The standard InChI is InChI=1S/C18H29N3/c1-5-18(15-19,20-6-2)12-9-13-21(7-3)17-11-8-10-16(4)14-17/h8,10-11,14,20H,5-7,9,12-13H2,1-4H3. The molecule has 0 amide bonds. The number of hydrogen-bond donors (Lipinski definition) is 1. The Bertz CT molecular complexity index is 464. The highest BCUT2D eigenvalue weighted by Gasteiger charge is 2.26. The van der Waals surface area contributed by atoms with Crippen LogP contribution in [0.5, 0.6) is 0 Å². The Balaban J connectivity index is 2.62. The van der Waals surface area contributed by atoms with Crippen LogP contribution in [0.3, 0.4) is 0 Å². The second-order valence-corrected chi connectivity index (χ2v) is 5.60. The van der Waals surface area contributed by atoms with E-state index in [2.05, 4.69) is 68.2 Å². The molecule has 0 aromatic heterocycles. The van der Waals surface area contributed by atoms with E-state index in [1.807, 2.05) is 0 Å². The summed E-state index contributed by atoms with van der Waals surface area (Å²) in [5, 5.41) is 12.8. The normalized spacial score (nSPS) is 13.5. The molecule has 3 heteroatoms. The molecule has 0 spiro atoms. The minimum Gasteiger partial charge on any atom is -0.372 e. The summed E-state index contributed by atoms with van der Waals surface area (Å²) in [5.74, 6) is 0. The largest absolute Gasteiger partial charge is 0.372 e. The number of nitriles is 1. The van der Waals surface area contributed by atoms with E-state index < -0.39 is 0 Å². The summed E-state index contributed by atoms with van der Waals surface area (Å²) in [7, 11) is 0. The maximum Gasteiger partial charge on any atom is 0.106 e. The van der Waals surface area contributed by atoms with Gasteiger partial charge < -0.3 is 4.90 Å². The predicted octanol–water partition coefficient (Wildman–Crippen LogP) is 3.88. The molecular weight excluding hydrogens is 258 g/mol. The van der Waals surface area contributed by atoms with Gasteiger partial charge in [-0.05, 0) is 57.4 Å². The molecule has 116 valence electrons. The first-order chi connectivity index (χ1) is 10.1. The Labute approximate surface area is 130 Å². The number of hydrogen-bond acceptors (Lipinski definition) is 3. The van der Waals surface area contributed by atoms with Crippen LogP contribution in [0.1, 0.15) is 45.6 Å². The number of rotatable bonds is 9. The third kappa shape index (κ3) is 5.06. The lowest BCUT2D eigenvalue weighted by atomic mass is 9.92. The lowest BCUT2D eigenvalue weighted by molar-refractivity contribution is 0.373. The van der Waals surface area contributed by atoms with E-state index in [1.165, 1.54) is 11.3 Å². The van der Waals surface area contributed by atoms with Crippen LogP contribution in [-0.4, -0.2) is 25.2 Å². The second-order valence-electron chi connectivity index (χ2n) is 5.60. The van der Waals surface area contributed by atoms with Crippen LogP contribution in [-0.2, 0) is 0 Å². The van der Waals surface area contributed by atoms with Crippen molar-refractivity contribution < 1.29 is 0 Å². The van der Waals surface area contributed by atoms with Crippen LogP contribution in [0.15, 0.2) is 24.3 Å². The monoisotopic (exact) mass is 287 g/mol. The van der Waals surface area contributed by atoms with E-state index >= 15 is 0 Å². The molecular formula is C18H29N3. The summed E-state index contributed by atoms with van der Waals surface area (Å²) in [6.45, 7) is 11.3. The zero-order valence-electron chi connectivity index (χ0n) is 13.9. The van der Waals surface area contributed by atoms with E-state index in [0.717, 1.165) is 38.9 Å². The highest BCUT2D eigenvalue weighted by molar-refractivity contribution is 5.48. The molecule has 0 heterocycles. The number of anilines is 1. The van der Waals surface area contributed by atoms with E-state index in [9.17, 15) is 5.26 Å². The third-order valence-electron chi connectivity index (χ3n) is 4.11. The number of benzene rings is 1. The summed E-state index contributed by atoms with van der Waals surface area (Å²) in [6.07, 6.45) is 2.78. The molecule has 0 fully saturated rings. The van der Waals surface area contributed by atoms with Gasteiger partial charge in [-0.15, -0.1) is 0 Å². The maximum absolute atomic E-state index is 9.46. The van der Waals surface area contributed by atoms with Crippen molar-refractivity contribution in [3.63, 3.8) is 0 Å². The van der Waals surface area contributed by atoms with E-state index in [1.54, 1.807) is 0 Å². The molecule has 1 unspecified atom stereocenters. The first-order valence-corrected chi connectivity index (χ1v) is 8.08. The Morgan fingerprint density at radius 2 is 2.05 bits per heavy atom. The van der Waals surface area contributed by atoms with Gasteiger partial charge in [-0.25, -0.2) is 0 Å². The van der Waals surface area contributed by atoms with Crippen LogP contribution in [0, 0.1) is 18.3 Å². The van der Waals surface area contributed by atoms with Crippen molar-refractivity contribution in [2.24, 2.45) is 0 Å². The van der Waals surface area contributed by atoms with Crippen molar-refractivity contribution in [1.29, 1.82) is 5.26 Å². The minimum absolute atomic E-state index is 0.360. The fourth-order valence-electron chi connectivity index (χ4n) is 2.77. The van der Waals surface area contributed by atoms with Gasteiger partial charge in [0.15, 0.2) is 0 Å². The zero-order chi connectivity index (χ0) is 15.7. The summed E-state index contributed by atoms with van der Waals surface area (Å²) < 4.78 is 0. The van der Waals surface area contributed by atoms with Crippen LogP contribution in [0.2, 0.25) is 0 Å². The highest BCUT2D eigenvalue weighted by Crippen LogP contribution is 2.20. The van der Waals surface area contributed by atoms with Gasteiger partial charge in [0.1, 0.15) is 5.54 Å². The molecule has 1 atom stereocenters. The molecule has 0 aliphatic heterocycles. The Hall–Kier alpha value is -1.53. The summed E-state index contributed by atoms with van der Waals surface area (Å²) in [6, 6.07) is 11.1. The van der Waals surface area contributed by atoms with Gasteiger partial charge in [-0.2, -0.15) is 5.26 Å². The fraction of sp³-hybridized carbons (Fsp3) is 0.611. The molecule has 0 radical (unpaired) electrons. The quantitative estimate of drug-likeness (QED) is 0.749. The lowest BCUT2D eigenvalue weighted by Crippen LogP contribution is -2.43. The lowest BCUT2D eigenvalue weighted by Gasteiger charge is -2.29. The predicted molar refractivity (Wildman–Crippen MR) is 90.6 cm³/mol. The minimum atomic E-state index is -0.360. The van der Waals surface area contributed by atoms with Gasteiger partial charge in [0.05, 0.1) is 6.07 Å². The van der Waals surface area contributed by atoms with Crippen molar-refractivity contribution >= 4 is 5.69 Å². The maximum atomic E-state index is 9.46. The molecule has 3 nitrogen and oxygen atoms in total. The number of nitrogens with one attached hydrogen (secondary N) is 1. The molecule has 0 aliphatic rings. The van der Waals surface area contributed by atoms with Gasteiger partial charge in [0.2, 0.25) is 0 Å². The van der Waals surface area contributed by atoms with Crippen molar-refractivity contribution in [2.75, 3.05) is 24.5 Å². The van der Waals surface area contributed by atoms with Crippen LogP contribution in [0.4, 0.5) is 5.69 Å². The SMILES string of the molecule is CCNC(C#N)(CC)CCCN(CC)c1cccc(C)c1. The van der Waals surface area contributed by atoms with Gasteiger partial charge >= 0.3 is 0 Å². The second kappa shape index (κ2) is 8.69. The fourth-order valence-corrected chi connectivity index (χ4v) is 2.77. The van der Waals surface area contributed by atoms with Crippen molar-refractivity contribution in [2.45, 2.75) is 52.5 Å². The molecule has 1 N–H and O–H groups in total. The van der Waals surface area contributed by atoms with Crippen molar-refractivity contribution in [3.8, 4) is 6.07 Å². The molecule has 1 aromatic rings. The number of nitrogens with zero attached hydrogens (tertiary/aromatic N) is 2. The van der Waals surface area contributed by atoms with Crippen LogP contribution < -0.4 is 10.2 Å². The molecule has 0 saturated heterocycles. The topological polar surface area (TPSA) is 39.1 Å². The summed E-state index contributed by atoms with van der Waals surface area (Å²) in [5.41, 5.74) is 2.21. The highest BCUT2D eigenvalue weighted by atomic mass is 15.1. The van der Waals surface area contributed by atoms with Gasteiger partial charge in [-0.3, -0.25) is 5.32 Å². The van der Waals surface area contributed by atoms with E-state index in [-0.39, 0.29) is 5.54 Å². The summed E-state index contributed by atoms with van der Waals surface area (Å²) in [4.78, 5) is 2.39. The van der Waals surface area contributed by atoms with Crippen molar-refractivity contribution in [1.82, 2.24) is 5.32 Å². The first-order valence-electron chi connectivity index (χ1n) is 8.08. The van der Waals surface area contributed by atoms with Gasteiger partial charge in [-0.1, -0.05) is 26.0 Å². The number of aryl methyl sites for hydroxylation is 1. The first kappa shape index (κ1) is 17.5. The summed E-state index contributed by atoms with van der Waals surface area (Å²) >= 11 is 0. The zero-order valence-corrected chi connectivity index (χ0v) is 13.9. The molecule has 0 saturated carbocycles. The smallest absolute Gasteiger partial charge is 0.106 e. The molecule has 0 aliphatic carbocycles.